The van der Waals surface area contributed by atoms with Crippen molar-refractivity contribution in [3.8, 4) is 5.75 Å². The van der Waals surface area contributed by atoms with Crippen molar-refractivity contribution in [3.63, 3.8) is 0 Å². The molecule has 0 unspecified atom stereocenters. The van der Waals surface area contributed by atoms with Gasteiger partial charge in [0.15, 0.2) is 18.2 Å². The van der Waals surface area contributed by atoms with Gasteiger partial charge in [-0.25, -0.2) is 9.18 Å². The van der Waals surface area contributed by atoms with E-state index in [9.17, 15) is 14.0 Å². The third-order valence-corrected chi connectivity index (χ3v) is 2.56. The van der Waals surface area contributed by atoms with E-state index in [4.69, 9.17) is 14.9 Å². The standard InChI is InChI=1S/C11H11BrFNO5/c12-6-1-2-9(7(13)3-6)19-5-10(16)14-8(4-15)11(17)18/h1-3,8,15H,4-5H2,(H,14,16)(H,17,18)/t8-/m1/s1. The Bertz CT molecular complexity index is 482. The minimum Gasteiger partial charge on any atom is -0.481 e. The van der Waals surface area contributed by atoms with Crippen molar-refractivity contribution in [2.24, 2.45) is 0 Å². The number of aliphatic hydroxyl groups excluding tert-OH is 1. The van der Waals surface area contributed by atoms with E-state index in [1.807, 2.05) is 5.32 Å². The van der Waals surface area contributed by atoms with Crippen molar-refractivity contribution >= 4 is 27.8 Å². The van der Waals surface area contributed by atoms with Gasteiger partial charge in [0, 0.05) is 4.47 Å². The second-order valence-electron chi connectivity index (χ2n) is 3.50. The maximum Gasteiger partial charge on any atom is 0.328 e. The Balaban J connectivity index is 2.52. The van der Waals surface area contributed by atoms with Gasteiger partial charge in [0.05, 0.1) is 6.61 Å². The highest BCUT2D eigenvalue weighted by atomic mass is 79.9. The van der Waals surface area contributed by atoms with Gasteiger partial charge in [0.25, 0.3) is 5.91 Å². The van der Waals surface area contributed by atoms with Crippen LogP contribution in [0, 0.1) is 5.82 Å². The van der Waals surface area contributed by atoms with Gasteiger partial charge in [-0.3, -0.25) is 4.79 Å². The molecule has 6 nitrogen and oxygen atoms in total. The van der Waals surface area contributed by atoms with Crippen molar-refractivity contribution in [2.75, 3.05) is 13.2 Å². The van der Waals surface area contributed by atoms with Crippen LogP contribution in [0.5, 0.6) is 5.75 Å². The van der Waals surface area contributed by atoms with Crippen molar-refractivity contribution < 1.29 is 28.9 Å². The molecule has 104 valence electrons. The average molecular weight is 336 g/mol. The van der Waals surface area contributed by atoms with Crippen molar-refractivity contribution in [3.05, 3.63) is 28.5 Å². The van der Waals surface area contributed by atoms with Gasteiger partial charge in [-0.1, -0.05) is 15.9 Å². The second-order valence-corrected chi connectivity index (χ2v) is 4.42. The molecule has 1 rings (SSSR count). The number of carboxylic acids is 1. The van der Waals surface area contributed by atoms with Crippen LogP contribution in [0.2, 0.25) is 0 Å². The van der Waals surface area contributed by atoms with Gasteiger partial charge in [-0.05, 0) is 18.2 Å². The second kappa shape index (κ2) is 7.05. The van der Waals surface area contributed by atoms with Gasteiger partial charge in [-0.2, -0.15) is 0 Å². The molecule has 1 amide bonds. The van der Waals surface area contributed by atoms with E-state index >= 15 is 0 Å². The van der Waals surface area contributed by atoms with Crippen LogP contribution in [-0.2, 0) is 9.59 Å². The van der Waals surface area contributed by atoms with Crippen LogP contribution in [0.3, 0.4) is 0 Å². The molecule has 1 atom stereocenters. The largest absolute Gasteiger partial charge is 0.481 e. The number of carbonyl (C=O) groups is 2. The van der Waals surface area contributed by atoms with E-state index in [1.54, 1.807) is 0 Å². The van der Waals surface area contributed by atoms with Crippen molar-refractivity contribution in [1.29, 1.82) is 0 Å². The number of aliphatic hydroxyl groups is 1. The highest BCUT2D eigenvalue weighted by Gasteiger charge is 2.19. The topological polar surface area (TPSA) is 95.9 Å². The molecule has 8 heteroatoms. The number of ether oxygens (including phenoxy) is 1. The van der Waals surface area contributed by atoms with Crippen LogP contribution in [-0.4, -0.2) is 41.3 Å². The number of hydrogen-bond donors (Lipinski definition) is 3. The number of carboxylic acid groups (broad SMARTS) is 1. The Morgan fingerprint density at radius 1 is 1.47 bits per heavy atom. The summed E-state index contributed by atoms with van der Waals surface area (Å²) in [5.41, 5.74) is 0. The first-order valence-electron chi connectivity index (χ1n) is 5.15. The molecule has 3 N–H and O–H groups in total. The van der Waals surface area contributed by atoms with Gasteiger partial charge < -0.3 is 20.3 Å². The summed E-state index contributed by atoms with van der Waals surface area (Å²) in [6.07, 6.45) is 0. The summed E-state index contributed by atoms with van der Waals surface area (Å²) in [4.78, 5) is 21.9. The fourth-order valence-electron chi connectivity index (χ4n) is 1.16. The average Bonchev–Trinajstić information content (AvgIpc) is 2.34. The summed E-state index contributed by atoms with van der Waals surface area (Å²) >= 11 is 3.07. The van der Waals surface area contributed by atoms with E-state index in [2.05, 4.69) is 15.9 Å². The summed E-state index contributed by atoms with van der Waals surface area (Å²) in [5.74, 6) is -2.93. The molecular formula is C11H11BrFNO5. The third kappa shape index (κ3) is 4.84. The van der Waals surface area contributed by atoms with Crippen molar-refractivity contribution in [2.45, 2.75) is 6.04 Å². The minimum atomic E-state index is -1.41. The lowest BCUT2D eigenvalue weighted by molar-refractivity contribution is -0.143. The van der Waals surface area contributed by atoms with Crippen LogP contribution < -0.4 is 10.1 Å². The molecule has 0 radical (unpaired) electrons. The fourth-order valence-corrected chi connectivity index (χ4v) is 1.49. The lowest BCUT2D eigenvalue weighted by Gasteiger charge is -2.12. The van der Waals surface area contributed by atoms with E-state index in [-0.39, 0.29) is 5.75 Å². The molecule has 19 heavy (non-hydrogen) atoms. The maximum absolute atomic E-state index is 13.3. The van der Waals surface area contributed by atoms with Gasteiger partial charge >= 0.3 is 5.97 Å². The number of amides is 1. The minimum absolute atomic E-state index is 0.130. The molecule has 0 spiro atoms. The van der Waals surface area contributed by atoms with Crippen LogP contribution >= 0.6 is 15.9 Å². The highest BCUT2D eigenvalue weighted by molar-refractivity contribution is 9.10. The molecular weight excluding hydrogens is 325 g/mol. The molecule has 0 aliphatic carbocycles. The highest BCUT2D eigenvalue weighted by Crippen LogP contribution is 2.21. The van der Waals surface area contributed by atoms with E-state index in [1.165, 1.54) is 18.2 Å². The van der Waals surface area contributed by atoms with Crippen molar-refractivity contribution in [1.82, 2.24) is 5.32 Å². The Labute approximate surface area is 116 Å². The number of carbonyl (C=O) groups excluding carboxylic acids is 1. The number of aliphatic carboxylic acids is 1. The number of nitrogens with one attached hydrogen (secondary N) is 1. The molecule has 0 aromatic heterocycles. The summed E-state index contributed by atoms with van der Waals surface area (Å²) < 4.78 is 18.8. The molecule has 1 aromatic carbocycles. The molecule has 0 aliphatic heterocycles. The van der Waals surface area contributed by atoms with Gasteiger partial charge in [0.1, 0.15) is 6.04 Å². The first-order valence-corrected chi connectivity index (χ1v) is 5.94. The fraction of sp³-hybridized carbons (Fsp3) is 0.273. The zero-order chi connectivity index (χ0) is 14.4. The summed E-state index contributed by atoms with van der Waals surface area (Å²) in [6, 6.07) is 2.62. The number of halogens is 2. The number of hydrogen-bond acceptors (Lipinski definition) is 4. The van der Waals surface area contributed by atoms with Gasteiger partial charge in [0.2, 0.25) is 0 Å². The van der Waals surface area contributed by atoms with E-state index in [0.29, 0.717) is 4.47 Å². The lowest BCUT2D eigenvalue weighted by Crippen LogP contribution is -2.45. The predicted octanol–water partition coefficient (Wildman–Crippen LogP) is 0.529. The normalized spacial score (nSPS) is 11.7. The smallest absolute Gasteiger partial charge is 0.328 e. The maximum atomic E-state index is 13.3. The van der Waals surface area contributed by atoms with Crippen LogP contribution in [0.1, 0.15) is 0 Å². The zero-order valence-electron chi connectivity index (χ0n) is 9.60. The Morgan fingerprint density at radius 3 is 2.68 bits per heavy atom. The Hall–Kier alpha value is -1.67. The predicted molar refractivity (Wildman–Crippen MR) is 66.2 cm³/mol. The van der Waals surface area contributed by atoms with E-state index < -0.39 is 36.9 Å². The molecule has 1 aromatic rings. The molecule has 0 heterocycles. The quantitative estimate of drug-likeness (QED) is 0.704. The SMILES string of the molecule is O=C(COc1ccc(Br)cc1F)N[C@H](CO)C(=O)O. The summed E-state index contributed by atoms with van der Waals surface area (Å²) in [6.45, 7) is -1.30. The monoisotopic (exact) mass is 335 g/mol. The Kier molecular flexibility index (Phi) is 5.71. The van der Waals surface area contributed by atoms with Gasteiger partial charge in [-0.15, -0.1) is 0 Å². The first-order chi connectivity index (χ1) is 8.93. The third-order valence-electron chi connectivity index (χ3n) is 2.07. The number of rotatable bonds is 6. The zero-order valence-corrected chi connectivity index (χ0v) is 11.2. The summed E-state index contributed by atoms with van der Waals surface area (Å²) in [7, 11) is 0. The van der Waals surface area contributed by atoms with Crippen LogP contribution in [0.4, 0.5) is 4.39 Å². The molecule has 0 fully saturated rings. The van der Waals surface area contributed by atoms with Crippen LogP contribution in [0.25, 0.3) is 0 Å². The van der Waals surface area contributed by atoms with E-state index in [0.717, 1.165) is 0 Å². The molecule has 0 saturated heterocycles. The molecule has 0 bridgehead atoms. The Morgan fingerprint density at radius 2 is 2.16 bits per heavy atom. The number of benzene rings is 1. The molecule has 0 aliphatic rings. The van der Waals surface area contributed by atoms with Crippen LogP contribution in [0.15, 0.2) is 22.7 Å². The first kappa shape index (κ1) is 15.4. The molecule has 0 saturated carbocycles. The summed E-state index contributed by atoms with van der Waals surface area (Å²) in [5, 5.41) is 19.3. The lowest BCUT2D eigenvalue weighted by atomic mass is 10.3.